The Balaban J connectivity index is 1.53. The minimum absolute atomic E-state index is 0.0508. The summed E-state index contributed by atoms with van der Waals surface area (Å²) in [6.45, 7) is 3.59. The molecule has 30 heavy (non-hydrogen) atoms. The number of likely N-dealkylation sites (N-methyl/N-ethyl adjacent to an activating group) is 1. The Morgan fingerprint density at radius 1 is 1.33 bits per heavy atom. The van der Waals surface area contributed by atoms with Crippen LogP contribution in [0, 0.1) is 29.8 Å². The Morgan fingerprint density at radius 3 is 2.77 bits per heavy atom. The van der Waals surface area contributed by atoms with Crippen LogP contribution in [0.5, 0.6) is 0 Å². The number of carbonyl (C=O) groups excluding carboxylic acids is 1. The van der Waals surface area contributed by atoms with Crippen LogP contribution in [0.25, 0.3) is 11.3 Å². The summed E-state index contributed by atoms with van der Waals surface area (Å²) in [6.07, 6.45) is 1.37. The van der Waals surface area contributed by atoms with Gasteiger partial charge in [0.05, 0.1) is 10.6 Å². The molecule has 1 amide bonds. The molecule has 3 rings (SSSR count). The van der Waals surface area contributed by atoms with Gasteiger partial charge in [-0.05, 0) is 44.9 Å². The van der Waals surface area contributed by atoms with Gasteiger partial charge < -0.3 is 4.90 Å². The summed E-state index contributed by atoms with van der Waals surface area (Å²) in [5, 5.41) is 22.3. The van der Waals surface area contributed by atoms with Crippen molar-refractivity contribution in [2.75, 3.05) is 13.6 Å². The lowest BCUT2D eigenvalue weighted by Crippen LogP contribution is -2.32. The average Bonchev–Trinajstić information content (AvgIpc) is 3.26. The van der Waals surface area contributed by atoms with Gasteiger partial charge in [0.25, 0.3) is 0 Å². The third-order valence-corrected chi connectivity index (χ3v) is 4.93. The van der Waals surface area contributed by atoms with Crippen LogP contribution in [0.2, 0.25) is 0 Å². The van der Waals surface area contributed by atoms with Crippen LogP contribution in [0.15, 0.2) is 30.3 Å². The molecule has 2 aromatic heterocycles. The van der Waals surface area contributed by atoms with E-state index in [0.29, 0.717) is 42.0 Å². The van der Waals surface area contributed by atoms with E-state index in [-0.39, 0.29) is 24.0 Å². The standard InChI is InChI=1S/C20H23FN6O3/c1-13-20(27(29)30)14(2)26(24-13)12-19(28)25(3)9-5-8-17-11-18(23-22-17)15-6-4-7-16(21)10-15/h4,6-7,10-11H,5,8-9,12H2,1-3H3,(H,22,23). The largest absolute Gasteiger partial charge is 0.344 e. The minimum atomic E-state index is -0.481. The maximum absolute atomic E-state index is 13.4. The first kappa shape index (κ1) is 21.2. The minimum Gasteiger partial charge on any atom is -0.344 e. The molecule has 3 aromatic rings. The topological polar surface area (TPSA) is 110 Å². The molecule has 1 aromatic carbocycles. The van der Waals surface area contributed by atoms with E-state index >= 15 is 0 Å². The summed E-state index contributed by atoms with van der Waals surface area (Å²) in [5.74, 6) is -0.495. The van der Waals surface area contributed by atoms with Crippen LogP contribution in [0.4, 0.5) is 10.1 Å². The van der Waals surface area contributed by atoms with Crippen LogP contribution >= 0.6 is 0 Å². The molecule has 0 bridgehead atoms. The maximum Gasteiger partial charge on any atom is 0.312 e. The lowest BCUT2D eigenvalue weighted by Gasteiger charge is -2.17. The molecule has 0 atom stereocenters. The number of aryl methyl sites for hydroxylation is 2. The zero-order chi connectivity index (χ0) is 21.8. The number of nitrogens with zero attached hydrogens (tertiary/aromatic N) is 5. The van der Waals surface area contributed by atoms with Crippen LogP contribution < -0.4 is 0 Å². The summed E-state index contributed by atoms with van der Waals surface area (Å²) in [4.78, 5) is 24.6. The number of nitrogens with one attached hydrogen (secondary N) is 1. The molecule has 9 nitrogen and oxygen atoms in total. The first-order chi connectivity index (χ1) is 14.3. The van der Waals surface area contributed by atoms with Crippen LogP contribution in [-0.4, -0.2) is 49.3 Å². The van der Waals surface area contributed by atoms with Gasteiger partial charge in [0.1, 0.15) is 23.7 Å². The SMILES string of the molecule is Cc1nn(CC(=O)N(C)CCCc2cc(-c3cccc(F)c3)n[nH]2)c(C)c1[N+](=O)[O-]. The second-order valence-electron chi connectivity index (χ2n) is 7.14. The van der Waals surface area contributed by atoms with E-state index in [0.717, 1.165) is 5.69 Å². The Kier molecular flexibility index (Phi) is 6.24. The van der Waals surface area contributed by atoms with Gasteiger partial charge in [0, 0.05) is 24.8 Å². The van der Waals surface area contributed by atoms with Gasteiger partial charge in [-0.15, -0.1) is 0 Å². The number of hydrogen-bond donors (Lipinski definition) is 1. The number of nitro groups is 1. The van der Waals surface area contributed by atoms with E-state index in [2.05, 4.69) is 15.3 Å². The van der Waals surface area contributed by atoms with Crippen molar-refractivity contribution in [3.8, 4) is 11.3 Å². The quantitative estimate of drug-likeness (QED) is 0.450. The molecule has 2 heterocycles. The van der Waals surface area contributed by atoms with Gasteiger partial charge in [0.2, 0.25) is 5.91 Å². The first-order valence-electron chi connectivity index (χ1n) is 9.49. The second kappa shape index (κ2) is 8.85. The van der Waals surface area contributed by atoms with Crippen molar-refractivity contribution in [2.45, 2.75) is 33.2 Å². The summed E-state index contributed by atoms with van der Waals surface area (Å²) >= 11 is 0. The van der Waals surface area contributed by atoms with Crippen molar-refractivity contribution in [1.82, 2.24) is 24.9 Å². The molecule has 158 valence electrons. The van der Waals surface area contributed by atoms with E-state index in [1.807, 2.05) is 6.07 Å². The van der Waals surface area contributed by atoms with Crippen molar-refractivity contribution in [3.63, 3.8) is 0 Å². The molecular weight excluding hydrogens is 391 g/mol. The highest BCUT2D eigenvalue weighted by Gasteiger charge is 2.23. The summed E-state index contributed by atoms with van der Waals surface area (Å²) in [5.41, 5.74) is 2.86. The fourth-order valence-corrected chi connectivity index (χ4v) is 3.27. The van der Waals surface area contributed by atoms with Crippen molar-refractivity contribution in [2.24, 2.45) is 0 Å². The first-order valence-corrected chi connectivity index (χ1v) is 9.49. The number of halogens is 1. The molecule has 0 saturated heterocycles. The third-order valence-electron chi connectivity index (χ3n) is 4.93. The van der Waals surface area contributed by atoms with Crippen molar-refractivity contribution in [3.05, 3.63) is 63.3 Å². The van der Waals surface area contributed by atoms with Gasteiger partial charge in [-0.25, -0.2) is 4.39 Å². The number of hydrogen-bond acceptors (Lipinski definition) is 5. The molecule has 0 radical (unpaired) electrons. The Bertz CT molecular complexity index is 1070. The van der Waals surface area contributed by atoms with Crippen LogP contribution in [0.3, 0.4) is 0 Å². The number of aromatic amines is 1. The summed E-state index contributed by atoms with van der Waals surface area (Å²) in [7, 11) is 1.69. The fourth-order valence-electron chi connectivity index (χ4n) is 3.27. The number of amides is 1. The number of benzene rings is 1. The zero-order valence-corrected chi connectivity index (χ0v) is 17.1. The van der Waals surface area contributed by atoms with Crippen LogP contribution in [0.1, 0.15) is 23.5 Å². The molecule has 10 heteroatoms. The number of rotatable bonds is 8. The zero-order valence-electron chi connectivity index (χ0n) is 17.1. The van der Waals surface area contributed by atoms with Gasteiger partial charge in [-0.2, -0.15) is 10.2 Å². The van der Waals surface area contributed by atoms with Crippen molar-refractivity contribution < 1.29 is 14.1 Å². The van der Waals surface area contributed by atoms with Crippen molar-refractivity contribution in [1.29, 1.82) is 0 Å². The van der Waals surface area contributed by atoms with E-state index in [1.54, 1.807) is 37.9 Å². The van der Waals surface area contributed by atoms with Gasteiger partial charge in [0.15, 0.2) is 0 Å². The maximum atomic E-state index is 13.4. The lowest BCUT2D eigenvalue weighted by atomic mass is 10.1. The normalized spacial score (nSPS) is 10.9. The molecule has 0 aliphatic rings. The highest BCUT2D eigenvalue weighted by atomic mass is 19.1. The van der Waals surface area contributed by atoms with E-state index in [9.17, 15) is 19.3 Å². The van der Waals surface area contributed by atoms with E-state index < -0.39 is 4.92 Å². The van der Waals surface area contributed by atoms with Crippen LogP contribution in [-0.2, 0) is 17.8 Å². The summed E-state index contributed by atoms with van der Waals surface area (Å²) in [6, 6.07) is 8.10. The Hall–Kier alpha value is -3.56. The average molecular weight is 414 g/mol. The van der Waals surface area contributed by atoms with Crippen molar-refractivity contribution >= 4 is 11.6 Å². The number of carbonyl (C=O) groups is 1. The smallest absolute Gasteiger partial charge is 0.312 e. The molecule has 0 spiro atoms. The summed E-state index contributed by atoms with van der Waals surface area (Å²) < 4.78 is 14.7. The molecule has 0 saturated carbocycles. The van der Waals surface area contributed by atoms with E-state index in [1.165, 1.54) is 16.8 Å². The molecule has 1 N–H and O–H groups in total. The second-order valence-corrected chi connectivity index (χ2v) is 7.14. The predicted molar refractivity (Wildman–Crippen MR) is 108 cm³/mol. The Labute approximate surface area is 172 Å². The van der Waals surface area contributed by atoms with Gasteiger partial charge in [-0.1, -0.05) is 12.1 Å². The highest BCUT2D eigenvalue weighted by molar-refractivity contribution is 5.75. The molecular formula is C20H23FN6O3. The molecule has 0 aliphatic carbocycles. The molecule has 0 unspecified atom stereocenters. The Morgan fingerprint density at radius 2 is 2.10 bits per heavy atom. The monoisotopic (exact) mass is 414 g/mol. The fraction of sp³-hybridized carbons (Fsp3) is 0.350. The number of H-pyrrole nitrogens is 1. The third kappa shape index (κ3) is 4.70. The lowest BCUT2D eigenvalue weighted by molar-refractivity contribution is -0.386. The predicted octanol–water partition coefficient (Wildman–Crippen LogP) is 3.03. The van der Waals surface area contributed by atoms with Gasteiger partial charge in [-0.3, -0.25) is 24.7 Å². The highest BCUT2D eigenvalue weighted by Crippen LogP contribution is 2.22. The number of aromatic nitrogens is 4. The molecule has 0 aliphatic heterocycles. The molecule has 0 fully saturated rings. The van der Waals surface area contributed by atoms with Gasteiger partial charge >= 0.3 is 5.69 Å². The van der Waals surface area contributed by atoms with E-state index in [4.69, 9.17) is 0 Å².